The summed E-state index contributed by atoms with van der Waals surface area (Å²) in [5.74, 6) is 0.413. The summed E-state index contributed by atoms with van der Waals surface area (Å²) in [5, 5.41) is 10.5. The number of halogens is 3. The van der Waals surface area contributed by atoms with Gasteiger partial charge < -0.3 is 10.6 Å². The molecule has 2 rings (SSSR count). The van der Waals surface area contributed by atoms with E-state index in [2.05, 4.69) is 36.7 Å². The van der Waals surface area contributed by atoms with Crippen molar-refractivity contribution in [3.05, 3.63) is 52.0 Å². The first kappa shape index (κ1) is 19.9. The standard InChI is InChI=1S/C15H19BrFN5.HI/c1-3-18-15(20-10-14-4-5-21-22(14)2)19-9-11-6-12(16)8-13(17)7-11;/h4-8H,3,9-10H2,1-2H3,(H2,18,19,20);1H. The highest BCUT2D eigenvalue weighted by Gasteiger charge is 2.03. The van der Waals surface area contributed by atoms with Gasteiger partial charge in [0.2, 0.25) is 0 Å². The molecule has 0 unspecified atom stereocenters. The minimum absolute atomic E-state index is 0. The lowest BCUT2D eigenvalue weighted by atomic mass is 10.2. The van der Waals surface area contributed by atoms with Gasteiger partial charge in [-0.25, -0.2) is 9.38 Å². The van der Waals surface area contributed by atoms with Gasteiger partial charge in [-0.05, 0) is 36.8 Å². The molecule has 1 aromatic carbocycles. The molecule has 0 saturated heterocycles. The number of aromatic nitrogens is 2. The summed E-state index contributed by atoms with van der Waals surface area (Å²) in [5.41, 5.74) is 1.86. The Morgan fingerprint density at radius 1 is 1.35 bits per heavy atom. The van der Waals surface area contributed by atoms with Crippen molar-refractivity contribution in [2.24, 2.45) is 12.0 Å². The van der Waals surface area contributed by atoms with Crippen LogP contribution >= 0.6 is 39.9 Å². The molecule has 126 valence electrons. The normalized spacial score (nSPS) is 11.0. The highest BCUT2D eigenvalue weighted by atomic mass is 127. The third-order valence-electron chi connectivity index (χ3n) is 3.05. The molecule has 0 bridgehead atoms. The third kappa shape index (κ3) is 6.46. The van der Waals surface area contributed by atoms with Crippen LogP contribution in [0.15, 0.2) is 39.9 Å². The van der Waals surface area contributed by atoms with E-state index in [-0.39, 0.29) is 29.8 Å². The molecule has 8 heteroatoms. The molecule has 0 spiro atoms. The molecule has 23 heavy (non-hydrogen) atoms. The molecule has 0 saturated carbocycles. The zero-order chi connectivity index (χ0) is 15.9. The van der Waals surface area contributed by atoms with Gasteiger partial charge in [-0.15, -0.1) is 24.0 Å². The minimum Gasteiger partial charge on any atom is -0.357 e. The summed E-state index contributed by atoms with van der Waals surface area (Å²) < 4.78 is 15.9. The molecule has 0 aliphatic rings. The zero-order valence-electron chi connectivity index (χ0n) is 13.0. The summed E-state index contributed by atoms with van der Waals surface area (Å²) in [6.45, 7) is 3.77. The number of nitrogens with zero attached hydrogens (tertiary/aromatic N) is 3. The molecule has 0 atom stereocenters. The van der Waals surface area contributed by atoms with Crippen molar-refractivity contribution in [2.75, 3.05) is 6.54 Å². The van der Waals surface area contributed by atoms with Crippen molar-refractivity contribution in [3.63, 3.8) is 0 Å². The van der Waals surface area contributed by atoms with Gasteiger partial charge in [0, 0.05) is 24.3 Å². The lowest BCUT2D eigenvalue weighted by Gasteiger charge is -2.11. The first-order valence-electron chi connectivity index (χ1n) is 7.02. The zero-order valence-corrected chi connectivity index (χ0v) is 16.9. The van der Waals surface area contributed by atoms with Crippen molar-refractivity contribution in [2.45, 2.75) is 20.0 Å². The highest BCUT2D eigenvalue weighted by Crippen LogP contribution is 2.15. The molecule has 1 aromatic heterocycles. The summed E-state index contributed by atoms with van der Waals surface area (Å²) in [6, 6.07) is 6.72. The van der Waals surface area contributed by atoms with Gasteiger partial charge in [-0.2, -0.15) is 5.10 Å². The summed E-state index contributed by atoms with van der Waals surface area (Å²) in [4.78, 5) is 4.47. The van der Waals surface area contributed by atoms with Crippen LogP contribution in [-0.4, -0.2) is 22.3 Å². The fourth-order valence-corrected chi connectivity index (χ4v) is 2.48. The second-order valence-corrected chi connectivity index (χ2v) is 5.69. The Hall–Kier alpha value is -1.16. The number of hydrogen-bond donors (Lipinski definition) is 2. The van der Waals surface area contributed by atoms with E-state index in [1.54, 1.807) is 10.9 Å². The van der Waals surface area contributed by atoms with Crippen molar-refractivity contribution in [3.8, 4) is 0 Å². The van der Waals surface area contributed by atoms with Gasteiger partial charge in [0.1, 0.15) is 5.82 Å². The maximum absolute atomic E-state index is 13.4. The molecule has 2 aromatic rings. The van der Waals surface area contributed by atoms with Crippen LogP contribution in [0.25, 0.3) is 0 Å². The van der Waals surface area contributed by atoms with Crippen LogP contribution in [0.2, 0.25) is 0 Å². The fraction of sp³-hybridized carbons (Fsp3) is 0.333. The van der Waals surface area contributed by atoms with Gasteiger partial charge in [0.05, 0.1) is 18.8 Å². The Labute approximate surface area is 160 Å². The van der Waals surface area contributed by atoms with E-state index in [0.29, 0.717) is 23.5 Å². The van der Waals surface area contributed by atoms with Crippen LogP contribution in [0.3, 0.4) is 0 Å². The van der Waals surface area contributed by atoms with Crippen LogP contribution in [0.4, 0.5) is 4.39 Å². The predicted octanol–water partition coefficient (Wildman–Crippen LogP) is 3.20. The molecule has 0 radical (unpaired) electrons. The van der Waals surface area contributed by atoms with E-state index in [0.717, 1.165) is 17.8 Å². The monoisotopic (exact) mass is 495 g/mol. The molecule has 0 aliphatic carbocycles. The van der Waals surface area contributed by atoms with Gasteiger partial charge in [0.25, 0.3) is 0 Å². The maximum Gasteiger partial charge on any atom is 0.191 e. The van der Waals surface area contributed by atoms with Crippen LogP contribution < -0.4 is 10.6 Å². The van der Waals surface area contributed by atoms with Crippen molar-refractivity contribution in [1.82, 2.24) is 20.4 Å². The van der Waals surface area contributed by atoms with E-state index >= 15 is 0 Å². The fourth-order valence-electron chi connectivity index (χ4n) is 1.96. The van der Waals surface area contributed by atoms with Crippen molar-refractivity contribution in [1.29, 1.82) is 0 Å². The average molecular weight is 496 g/mol. The second kappa shape index (κ2) is 9.86. The molecule has 1 heterocycles. The van der Waals surface area contributed by atoms with Crippen LogP contribution in [0.1, 0.15) is 18.2 Å². The van der Waals surface area contributed by atoms with Crippen LogP contribution in [0, 0.1) is 5.82 Å². The van der Waals surface area contributed by atoms with E-state index in [1.165, 1.54) is 12.1 Å². The Balaban J connectivity index is 0.00000264. The van der Waals surface area contributed by atoms with E-state index in [4.69, 9.17) is 0 Å². The summed E-state index contributed by atoms with van der Waals surface area (Å²) in [7, 11) is 1.89. The molecule has 5 nitrogen and oxygen atoms in total. The lowest BCUT2D eigenvalue weighted by molar-refractivity contribution is 0.624. The largest absolute Gasteiger partial charge is 0.357 e. The first-order chi connectivity index (χ1) is 10.6. The van der Waals surface area contributed by atoms with Gasteiger partial charge in [0.15, 0.2) is 5.96 Å². The highest BCUT2D eigenvalue weighted by molar-refractivity contribution is 14.0. The molecular formula is C15H20BrFIN5. The molecule has 0 amide bonds. The maximum atomic E-state index is 13.4. The Morgan fingerprint density at radius 2 is 2.13 bits per heavy atom. The first-order valence-corrected chi connectivity index (χ1v) is 7.82. The molecule has 0 fully saturated rings. The van der Waals surface area contributed by atoms with Gasteiger partial charge >= 0.3 is 0 Å². The minimum atomic E-state index is -0.271. The Bertz CT molecular complexity index is 639. The lowest BCUT2D eigenvalue weighted by Crippen LogP contribution is -2.37. The van der Waals surface area contributed by atoms with Gasteiger partial charge in [-0.1, -0.05) is 15.9 Å². The van der Waals surface area contributed by atoms with Gasteiger partial charge in [-0.3, -0.25) is 4.68 Å². The second-order valence-electron chi connectivity index (χ2n) is 4.77. The average Bonchev–Trinajstić information content (AvgIpc) is 2.86. The third-order valence-corrected chi connectivity index (χ3v) is 3.50. The quantitative estimate of drug-likeness (QED) is 0.380. The Kier molecular flexibility index (Phi) is 8.53. The molecular weight excluding hydrogens is 476 g/mol. The number of hydrogen-bond acceptors (Lipinski definition) is 2. The van der Waals surface area contributed by atoms with Crippen LogP contribution in [0.5, 0.6) is 0 Å². The predicted molar refractivity (Wildman–Crippen MR) is 104 cm³/mol. The number of guanidine groups is 1. The number of benzene rings is 1. The SMILES string of the molecule is CCNC(=NCc1cc(F)cc(Br)c1)NCc1ccnn1C.I. The number of aryl methyl sites for hydroxylation is 1. The van der Waals surface area contributed by atoms with E-state index in [1.807, 2.05) is 26.1 Å². The summed E-state index contributed by atoms with van der Waals surface area (Å²) in [6.07, 6.45) is 1.76. The molecule has 0 aliphatic heterocycles. The van der Waals surface area contributed by atoms with Crippen molar-refractivity contribution >= 4 is 45.9 Å². The van der Waals surface area contributed by atoms with Crippen molar-refractivity contribution < 1.29 is 4.39 Å². The number of aliphatic imine (C=N–C) groups is 1. The van der Waals surface area contributed by atoms with Crippen LogP contribution in [-0.2, 0) is 20.1 Å². The molecule has 2 N–H and O–H groups in total. The smallest absolute Gasteiger partial charge is 0.191 e. The van der Waals surface area contributed by atoms with E-state index < -0.39 is 0 Å². The summed E-state index contributed by atoms with van der Waals surface area (Å²) >= 11 is 3.29. The number of nitrogens with one attached hydrogen (secondary N) is 2. The topological polar surface area (TPSA) is 54.2 Å². The number of rotatable bonds is 5. The van der Waals surface area contributed by atoms with E-state index in [9.17, 15) is 4.39 Å². The Morgan fingerprint density at radius 3 is 2.74 bits per heavy atom.